The van der Waals surface area contributed by atoms with Crippen molar-refractivity contribution < 1.29 is 115 Å². The fraction of sp³-hybridized carbons (Fsp3) is 0.222. The van der Waals surface area contributed by atoms with Crippen molar-refractivity contribution in [1.82, 2.24) is 4.98 Å². The molecule has 0 aliphatic rings. The number of aromatic nitrogens is 2. The Balaban J connectivity index is 0.000000520. The van der Waals surface area contributed by atoms with E-state index >= 15 is 0 Å². The Hall–Kier alpha value is -6.77. The zero-order valence-electron chi connectivity index (χ0n) is 35.7. The summed E-state index contributed by atoms with van der Waals surface area (Å²) in [5.74, 6) is 0.111. The molecule has 6 aromatic rings. The van der Waals surface area contributed by atoms with E-state index < -0.39 is 195 Å². The maximum Gasteiger partial charge on any atom is 0.416 e. The lowest BCUT2D eigenvalue weighted by Crippen LogP contribution is -2.75. The van der Waals surface area contributed by atoms with Gasteiger partial charge in [0, 0.05) is 12.5 Å². The molecule has 0 N–H and O–H groups in total. The van der Waals surface area contributed by atoms with Crippen LogP contribution in [0.1, 0.15) is 60.6 Å². The Morgan fingerprint density at radius 1 is 0.411 bits per heavy atom. The molecule has 1 heterocycles. The number of carbonyl (C=O) groups is 1. The number of nitrogens with zero attached hydrogens (tertiary/aromatic N) is 2. The van der Waals surface area contributed by atoms with Gasteiger partial charge in [0.1, 0.15) is 6.15 Å². The molecule has 5 aromatic carbocycles. The third kappa shape index (κ3) is 13.3. The summed E-state index contributed by atoms with van der Waals surface area (Å²) in [6.45, 7) is 2.30. The average Bonchev–Trinajstić information content (AvgIpc) is 3.25. The second-order valence-corrected chi connectivity index (χ2v) is 15.9. The second-order valence-electron chi connectivity index (χ2n) is 15.9. The molecule has 0 fully saturated rings. The van der Waals surface area contributed by atoms with Crippen LogP contribution in [-0.2, 0) is 56.0 Å². The van der Waals surface area contributed by atoms with Crippen molar-refractivity contribution in [2.75, 3.05) is 0 Å². The molecule has 0 aliphatic heterocycles. The van der Waals surface area contributed by atoms with Crippen molar-refractivity contribution in [3.8, 4) is 0 Å². The van der Waals surface area contributed by atoms with Gasteiger partial charge in [0.05, 0.1) is 56.9 Å². The monoisotopic (exact) mass is 1080 g/mol. The number of carbonyl (C=O) groups excluding carboxylic acids is 1. The number of rotatable bonds is 7. The van der Waals surface area contributed by atoms with Crippen LogP contribution >= 0.6 is 0 Å². The first-order valence-electron chi connectivity index (χ1n) is 19.8. The summed E-state index contributed by atoms with van der Waals surface area (Å²) < 4.78 is 343. The molecule has 0 spiro atoms. The first-order chi connectivity index (χ1) is 33.0. The van der Waals surface area contributed by atoms with Gasteiger partial charge in [-0.15, -0.1) is 0 Å². The van der Waals surface area contributed by atoms with E-state index in [2.05, 4.69) is 4.98 Å². The highest BCUT2D eigenvalue weighted by Gasteiger charge is 2.47. The molecule has 3 nitrogen and oxygen atoms in total. The molecule has 392 valence electrons. The maximum atomic E-state index is 14.2. The van der Waals surface area contributed by atoms with E-state index in [-0.39, 0.29) is 5.78 Å². The first-order valence-corrected chi connectivity index (χ1v) is 19.8. The number of halogens is 24. The smallest absolute Gasteiger partial charge is 0.287 e. The van der Waals surface area contributed by atoms with Gasteiger partial charge in [-0.05, 0) is 24.3 Å². The van der Waals surface area contributed by atoms with Crippen molar-refractivity contribution in [2.24, 2.45) is 0 Å². The average molecular weight is 1080 g/mol. The van der Waals surface area contributed by atoms with Gasteiger partial charge in [0.15, 0.2) is 11.9 Å². The summed E-state index contributed by atoms with van der Waals surface area (Å²) >= 11 is 0. The fourth-order valence-electron chi connectivity index (χ4n) is 7.58. The molecule has 1 aromatic heterocycles. The maximum absolute atomic E-state index is 14.2. The Bertz CT molecular complexity index is 2520. The van der Waals surface area contributed by atoms with Gasteiger partial charge in [-0.25, -0.2) is 0 Å². The standard InChI is InChI=1S/C32H12BF24.C13H13N2O/c34-25(35,36)13-1-14(26(37,38)39)6-21(5-13)33(22-7-15(27(40,41)42)2-16(8-22)28(43,44)45,23-9-17(29(46,47)48)3-18(10-23)30(49,50)51)24-11-19(31(52,53)54)4-20(12-24)32(55,56)57;1-11-9-14-7-8-15(11)10-13(16)12-5-3-2-4-6-12/h1-12H;2-9H,10H2,1H3/q-1;+1. The molecular formula is C45H25BF24N2O. The minimum absolute atomic E-state index is 0.111. The van der Waals surface area contributed by atoms with Crippen LogP contribution in [0.25, 0.3) is 0 Å². The van der Waals surface area contributed by atoms with Crippen molar-refractivity contribution >= 4 is 33.8 Å². The van der Waals surface area contributed by atoms with Crippen LogP contribution in [0.4, 0.5) is 105 Å². The van der Waals surface area contributed by atoms with Gasteiger partial charge in [-0.3, -0.25) is 9.78 Å². The minimum atomic E-state index is -6.13. The molecule has 28 heteroatoms. The number of benzene rings is 5. The number of alkyl halides is 24. The molecule has 0 unspecified atom stereocenters. The van der Waals surface area contributed by atoms with E-state index in [0.29, 0.717) is 6.54 Å². The lowest BCUT2D eigenvalue weighted by Gasteiger charge is -2.46. The number of ketones is 1. The Kier molecular flexibility index (Phi) is 15.3. The molecule has 0 aliphatic carbocycles. The highest BCUT2D eigenvalue weighted by atomic mass is 19.4. The molecule has 0 saturated carbocycles. The fourth-order valence-corrected chi connectivity index (χ4v) is 7.58. The topological polar surface area (TPSA) is 33.8 Å². The van der Waals surface area contributed by atoms with Gasteiger partial charge in [-0.2, -0.15) is 132 Å². The SMILES string of the molecule is Cc1cncc[n+]1CC(=O)c1ccccc1.FC(F)(F)c1cc([B-](c2cc(C(F)(F)F)cc(C(F)(F)F)c2)(c2cc(C(F)(F)F)cc(C(F)(F)F)c2)c2cc(C(F)(F)F)cc(C(F)(F)F)c2)cc(C(F)(F)F)c1. The summed E-state index contributed by atoms with van der Waals surface area (Å²) in [6.07, 6.45) is -49.6. The van der Waals surface area contributed by atoms with Crippen molar-refractivity contribution in [3.05, 3.63) is 177 Å². The van der Waals surface area contributed by atoms with Crippen LogP contribution < -0.4 is 26.4 Å². The van der Waals surface area contributed by atoms with Gasteiger partial charge in [0.2, 0.25) is 12.3 Å². The quantitative estimate of drug-likeness (QED) is 0.0691. The predicted octanol–water partition coefficient (Wildman–Crippen LogP) is 12.8. The zero-order chi connectivity index (χ0) is 55.3. The van der Waals surface area contributed by atoms with E-state index in [1.807, 2.05) is 48.0 Å². The summed E-state index contributed by atoms with van der Waals surface area (Å²) in [7, 11) is 0. The largest absolute Gasteiger partial charge is 0.416 e. The summed E-state index contributed by atoms with van der Waals surface area (Å²) in [5.41, 5.74) is -28.5. The molecular weight excluding hydrogens is 1050 g/mol. The Morgan fingerprint density at radius 2 is 0.658 bits per heavy atom. The predicted molar refractivity (Wildman–Crippen MR) is 210 cm³/mol. The van der Waals surface area contributed by atoms with E-state index in [1.54, 1.807) is 12.4 Å². The van der Waals surface area contributed by atoms with Gasteiger partial charge >= 0.3 is 49.4 Å². The lowest BCUT2D eigenvalue weighted by molar-refractivity contribution is -0.689. The number of Topliss-reactive ketones (excluding diaryl/α,β-unsaturated/α-hetero) is 1. The lowest BCUT2D eigenvalue weighted by atomic mass is 9.12. The Morgan fingerprint density at radius 3 is 0.877 bits per heavy atom. The van der Waals surface area contributed by atoms with Crippen LogP contribution in [0.2, 0.25) is 0 Å². The van der Waals surface area contributed by atoms with Crippen molar-refractivity contribution in [2.45, 2.75) is 62.9 Å². The van der Waals surface area contributed by atoms with Crippen LogP contribution in [0.15, 0.2) is 122 Å². The highest BCUT2D eigenvalue weighted by molar-refractivity contribution is 7.20. The number of hydrogen-bond donors (Lipinski definition) is 0. The highest BCUT2D eigenvalue weighted by Crippen LogP contribution is 2.41. The third-order valence-corrected chi connectivity index (χ3v) is 10.9. The second kappa shape index (κ2) is 19.6. The number of aryl methyl sites for hydroxylation is 1. The molecule has 73 heavy (non-hydrogen) atoms. The summed E-state index contributed by atoms with van der Waals surface area (Å²) in [4.78, 5) is 15.9. The summed E-state index contributed by atoms with van der Waals surface area (Å²) in [5, 5.41) is 0. The zero-order valence-corrected chi connectivity index (χ0v) is 35.7. The normalized spacial score (nSPS) is 13.4. The van der Waals surface area contributed by atoms with Gasteiger partial charge < -0.3 is 0 Å². The molecule has 0 atom stereocenters. The molecule has 6 rings (SSSR count). The van der Waals surface area contributed by atoms with E-state index in [4.69, 9.17) is 0 Å². The Labute approximate surface area is 393 Å². The molecule has 0 radical (unpaired) electrons. The molecule has 0 saturated heterocycles. The number of hydrogen-bond acceptors (Lipinski definition) is 2. The van der Waals surface area contributed by atoms with Crippen LogP contribution in [0.3, 0.4) is 0 Å². The van der Waals surface area contributed by atoms with E-state index in [0.717, 1.165) is 11.3 Å². The minimum Gasteiger partial charge on any atom is -0.287 e. The van der Waals surface area contributed by atoms with Crippen LogP contribution in [0.5, 0.6) is 0 Å². The first kappa shape index (κ1) is 57.1. The third-order valence-electron chi connectivity index (χ3n) is 10.9. The summed E-state index contributed by atoms with van der Waals surface area (Å²) in [6, 6.07) is 0.504. The molecule has 0 bridgehead atoms. The van der Waals surface area contributed by atoms with E-state index in [9.17, 15) is 110 Å². The molecule has 0 amide bonds. The van der Waals surface area contributed by atoms with Crippen molar-refractivity contribution in [3.63, 3.8) is 0 Å². The van der Waals surface area contributed by atoms with Crippen molar-refractivity contribution in [1.29, 1.82) is 0 Å². The van der Waals surface area contributed by atoms with Crippen LogP contribution in [0, 0.1) is 6.92 Å². The van der Waals surface area contributed by atoms with Crippen LogP contribution in [-0.4, -0.2) is 16.9 Å². The van der Waals surface area contributed by atoms with Gasteiger partial charge in [0.25, 0.3) is 0 Å². The van der Waals surface area contributed by atoms with E-state index in [1.165, 1.54) is 0 Å². The van der Waals surface area contributed by atoms with Gasteiger partial charge in [-0.1, -0.05) is 78.9 Å².